The van der Waals surface area contributed by atoms with Gasteiger partial charge in [-0.1, -0.05) is 32.1 Å². The van der Waals surface area contributed by atoms with Crippen molar-refractivity contribution in [2.75, 3.05) is 0 Å². The van der Waals surface area contributed by atoms with E-state index >= 15 is 0 Å². The lowest BCUT2D eigenvalue weighted by Gasteiger charge is -2.20. The van der Waals surface area contributed by atoms with Crippen LogP contribution in [0.1, 0.15) is 55.3 Å². The third-order valence-corrected chi connectivity index (χ3v) is 4.74. The number of tetrazole rings is 1. The van der Waals surface area contributed by atoms with Crippen LogP contribution in [-0.4, -0.2) is 25.7 Å². The SMILES string of the molecule is NC(=O)c1ccc(-n2nnn(CCCC3CCCCC3)c2=O)cc1. The van der Waals surface area contributed by atoms with Crippen LogP contribution in [-0.2, 0) is 6.54 Å². The van der Waals surface area contributed by atoms with Crippen molar-refractivity contribution in [3.05, 3.63) is 40.3 Å². The number of hydrogen-bond donors (Lipinski definition) is 1. The molecule has 0 radical (unpaired) electrons. The Balaban J connectivity index is 1.62. The molecule has 1 fully saturated rings. The summed E-state index contributed by atoms with van der Waals surface area (Å²) in [5.41, 5.74) is 5.92. The Labute approximate surface area is 140 Å². The van der Waals surface area contributed by atoms with Crippen LogP contribution in [0.4, 0.5) is 0 Å². The number of primary amides is 1. The van der Waals surface area contributed by atoms with Crippen LogP contribution in [0.5, 0.6) is 0 Å². The first kappa shape index (κ1) is 16.4. The number of aromatic nitrogens is 4. The smallest absolute Gasteiger partial charge is 0.366 e. The lowest BCUT2D eigenvalue weighted by Crippen LogP contribution is -2.24. The number of rotatable bonds is 6. The monoisotopic (exact) mass is 329 g/mol. The Kier molecular flexibility index (Phi) is 5.08. The second kappa shape index (κ2) is 7.42. The molecular weight excluding hydrogens is 306 g/mol. The number of aryl methyl sites for hydroxylation is 1. The summed E-state index contributed by atoms with van der Waals surface area (Å²) in [5, 5.41) is 7.88. The molecule has 2 N–H and O–H groups in total. The van der Waals surface area contributed by atoms with E-state index in [1.165, 1.54) is 41.5 Å². The van der Waals surface area contributed by atoms with Gasteiger partial charge in [-0.05, 0) is 53.5 Å². The van der Waals surface area contributed by atoms with Gasteiger partial charge < -0.3 is 5.73 Å². The summed E-state index contributed by atoms with van der Waals surface area (Å²) >= 11 is 0. The average Bonchev–Trinajstić information content (AvgIpc) is 2.97. The minimum atomic E-state index is -0.500. The number of nitrogens with two attached hydrogens (primary N) is 1. The van der Waals surface area contributed by atoms with Crippen molar-refractivity contribution in [2.45, 2.75) is 51.5 Å². The molecule has 3 rings (SSSR count). The fourth-order valence-electron chi connectivity index (χ4n) is 3.35. The summed E-state index contributed by atoms with van der Waals surface area (Å²) in [6.45, 7) is 0.592. The summed E-state index contributed by atoms with van der Waals surface area (Å²) < 4.78 is 2.65. The van der Waals surface area contributed by atoms with E-state index in [1.54, 1.807) is 24.3 Å². The topological polar surface area (TPSA) is 95.8 Å². The summed E-state index contributed by atoms with van der Waals surface area (Å²) in [6.07, 6.45) is 8.75. The third-order valence-electron chi connectivity index (χ3n) is 4.74. The molecule has 1 amide bonds. The molecule has 0 atom stereocenters. The minimum absolute atomic E-state index is 0.259. The summed E-state index contributed by atoms with van der Waals surface area (Å²) in [5.74, 6) is 0.297. The number of carbonyl (C=O) groups is 1. The van der Waals surface area contributed by atoms with E-state index < -0.39 is 5.91 Å². The number of amides is 1. The minimum Gasteiger partial charge on any atom is -0.366 e. The quantitative estimate of drug-likeness (QED) is 0.875. The average molecular weight is 329 g/mol. The lowest BCUT2D eigenvalue weighted by atomic mass is 9.86. The zero-order valence-corrected chi connectivity index (χ0v) is 13.7. The first-order valence-electron chi connectivity index (χ1n) is 8.58. The molecule has 2 aromatic rings. The van der Waals surface area contributed by atoms with Gasteiger partial charge in [-0.15, -0.1) is 0 Å². The van der Waals surface area contributed by atoms with Gasteiger partial charge in [0.15, 0.2) is 0 Å². The van der Waals surface area contributed by atoms with Crippen molar-refractivity contribution < 1.29 is 4.79 Å². The highest BCUT2D eigenvalue weighted by Gasteiger charge is 2.14. The lowest BCUT2D eigenvalue weighted by molar-refractivity contribution is 0.100. The number of benzene rings is 1. The molecule has 0 unspecified atom stereocenters. The van der Waals surface area contributed by atoms with E-state index in [-0.39, 0.29) is 5.69 Å². The summed E-state index contributed by atoms with van der Waals surface area (Å²) in [7, 11) is 0. The highest BCUT2D eigenvalue weighted by Crippen LogP contribution is 2.27. The molecule has 0 spiro atoms. The fourth-order valence-corrected chi connectivity index (χ4v) is 3.35. The van der Waals surface area contributed by atoms with Crippen LogP contribution < -0.4 is 11.4 Å². The maximum atomic E-state index is 12.4. The normalized spacial score (nSPS) is 15.5. The van der Waals surface area contributed by atoms with Gasteiger partial charge >= 0.3 is 5.69 Å². The highest BCUT2D eigenvalue weighted by atomic mass is 16.2. The van der Waals surface area contributed by atoms with Crippen LogP contribution in [0.15, 0.2) is 29.1 Å². The Morgan fingerprint density at radius 1 is 1.12 bits per heavy atom. The molecule has 1 heterocycles. The molecule has 1 aromatic carbocycles. The van der Waals surface area contributed by atoms with E-state index in [0.29, 0.717) is 17.8 Å². The maximum absolute atomic E-state index is 12.4. The number of carbonyl (C=O) groups excluding carboxylic acids is 1. The molecule has 1 saturated carbocycles. The van der Waals surface area contributed by atoms with Gasteiger partial charge in [0.25, 0.3) is 0 Å². The van der Waals surface area contributed by atoms with Crippen LogP contribution in [0.2, 0.25) is 0 Å². The van der Waals surface area contributed by atoms with Crippen LogP contribution >= 0.6 is 0 Å². The second-order valence-corrected chi connectivity index (χ2v) is 6.45. The number of hydrogen-bond acceptors (Lipinski definition) is 4. The molecule has 0 aliphatic heterocycles. The molecule has 1 aromatic heterocycles. The van der Waals surface area contributed by atoms with E-state index in [4.69, 9.17) is 5.73 Å². The number of nitrogens with zero attached hydrogens (tertiary/aromatic N) is 4. The van der Waals surface area contributed by atoms with Gasteiger partial charge in [0.05, 0.1) is 5.69 Å². The van der Waals surface area contributed by atoms with E-state index in [1.807, 2.05) is 0 Å². The molecular formula is C17H23N5O2. The van der Waals surface area contributed by atoms with E-state index in [9.17, 15) is 9.59 Å². The third kappa shape index (κ3) is 3.72. The van der Waals surface area contributed by atoms with Crippen molar-refractivity contribution in [1.82, 2.24) is 19.8 Å². The Bertz CT molecular complexity index is 741. The van der Waals surface area contributed by atoms with Gasteiger partial charge in [-0.3, -0.25) is 4.79 Å². The van der Waals surface area contributed by atoms with Crippen LogP contribution in [0.25, 0.3) is 5.69 Å². The Morgan fingerprint density at radius 2 is 1.83 bits per heavy atom. The Morgan fingerprint density at radius 3 is 2.50 bits per heavy atom. The molecule has 0 saturated heterocycles. The molecule has 128 valence electrons. The molecule has 0 bridgehead atoms. The standard InChI is InChI=1S/C17H23N5O2/c18-16(23)14-8-10-15(11-9-14)22-17(24)21(19-20-22)12-4-7-13-5-2-1-3-6-13/h8-11,13H,1-7,12H2,(H2,18,23). The first-order chi connectivity index (χ1) is 11.6. The van der Waals surface area contributed by atoms with Gasteiger partial charge in [-0.25, -0.2) is 4.79 Å². The summed E-state index contributed by atoms with van der Waals surface area (Å²) in [4.78, 5) is 23.5. The van der Waals surface area contributed by atoms with Crippen molar-refractivity contribution in [1.29, 1.82) is 0 Å². The molecule has 7 nitrogen and oxygen atoms in total. The first-order valence-corrected chi connectivity index (χ1v) is 8.58. The summed E-state index contributed by atoms with van der Waals surface area (Å²) in [6, 6.07) is 6.43. The van der Waals surface area contributed by atoms with E-state index in [2.05, 4.69) is 10.4 Å². The van der Waals surface area contributed by atoms with Crippen molar-refractivity contribution in [2.24, 2.45) is 11.7 Å². The molecule has 7 heteroatoms. The zero-order valence-electron chi connectivity index (χ0n) is 13.7. The van der Waals surface area contributed by atoms with Crippen molar-refractivity contribution in [3.63, 3.8) is 0 Å². The molecule has 1 aliphatic carbocycles. The van der Waals surface area contributed by atoms with E-state index in [0.717, 1.165) is 18.8 Å². The predicted octanol–water partition coefficient (Wildman–Crippen LogP) is 1.89. The molecule has 1 aliphatic rings. The van der Waals surface area contributed by atoms with Crippen molar-refractivity contribution in [3.8, 4) is 5.69 Å². The van der Waals surface area contributed by atoms with Gasteiger partial charge in [-0.2, -0.15) is 9.36 Å². The highest BCUT2D eigenvalue weighted by molar-refractivity contribution is 5.92. The van der Waals surface area contributed by atoms with Gasteiger partial charge in [0.1, 0.15) is 0 Å². The fraction of sp³-hybridized carbons (Fsp3) is 0.529. The zero-order chi connectivity index (χ0) is 16.9. The van der Waals surface area contributed by atoms with Crippen LogP contribution in [0.3, 0.4) is 0 Å². The Hall–Kier alpha value is -2.44. The van der Waals surface area contributed by atoms with Crippen molar-refractivity contribution >= 4 is 5.91 Å². The van der Waals surface area contributed by atoms with Crippen LogP contribution in [0, 0.1) is 5.92 Å². The van der Waals surface area contributed by atoms with Gasteiger partial charge in [0.2, 0.25) is 5.91 Å². The van der Waals surface area contributed by atoms with Gasteiger partial charge in [0, 0.05) is 12.1 Å². The second-order valence-electron chi connectivity index (χ2n) is 6.45. The molecule has 24 heavy (non-hydrogen) atoms. The largest absolute Gasteiger partial charge is 0.368 e. The predicted molar refractivity (Wildman–Crippen MR) is 89.9 cm³/mol. The maximum Gasteiger partial charge on any atom is 0.368 e.